The van der Waals surface area contributed by atoms with Crippen LogP contribution in [0.15, 0.2) is 0 Å². The molecule has 0 spiro atoms. The maximum Gasteiger partial charge on any atom is 0.0907 e. The minimum Gasteiger partial charge on any atom is -0.387 e. The monoisotopic (exact) mass is 202 g/mol. The van der Waals surface area contributed by atoms with Crippen LogP contribution < -0.4 is 10.6 Å². The molecule has 3 N–H and O–H groups in total. The molecule has 2 aliphatic heterocycles. The van der Waals surface area contributed by atoms with Gasteiger partial charge in [-0.2, -0.15) is 11.8 Å². The lowest BCUT2D eigenvalue weighted by Gasteiger charge is -2.23. The summed E-state index contributed by atoms with van der Waals surface area (Å²) in [4.78, 5) is 0. The number of hydrogen-bond acceptors (Lipinski definition) is 4. The molecule has 2 fully saturated rings. The highest BCUT2D eigenvalue weighted by atomic mass is 32.2. The second-order valence-electron chi connectivity index (χ2n) is 4.09. The predicted molar refractivity (Wildman–Crippen MR) is 56.2 cm³/mol. The Morgan fingerprint density at radius 3 is 3.15 bits per heavy atom. The maximum atomic E-state index is 10.0. The fourth-order valence-electron chi connectivity index (χ4n) is 1.91. The zero-order chi connectivity index (χ0) is 9.15. The van der Waals surface area contributed by atoms with Gasteiger partial charge in [0.25, 0.3) is 0 Å². The Balaban J connectivity index is 1.71. The van der Waals surface area contributed by atoms with Gasteiger partial charge in [0.1, 0.15) is 0 Å². The first-order chi connectivity index (χ1) is 6.29. The van der Waals surface area contributed by atoms with Crippen LogP contribution in [-0.2, 0) is 0 Å². The van der Waals surface area contributed by atoms with E-state index >= 15 is 0 Å². The van der Waals surface area contributed by atoms with Crippen molar-refractivity contribution < 1.29 is 5.11 Å². The molecule has 2 atom stereocenters. The van der Waals surface area contributed by atoms with Gasteiger partial charge < -0.3 is 15.7 Å². The van der Waals surface area contributed by atoms with Gasteiger partial charge in [0.2, 0.25) is 0 Å². The number of thioether (sulfide) groups is 1. The van der Waals surface area contributed by atoms with Crippen molar-refractivity contribution in [3.05, 3.63) is 0 Å². The fraction of sp³-hybridized carbons (Fsp3) is 1.00. The van der Waals surface area contributed by atoms with E-state index in [9.17, 15) is 5.11 Å². The van der Waals surface area contributed by atoms with E-state index in [1.165, 1.54) is 17.9 Å². The van der Waals surface area contributed by atoms with Crippen LogP contribution in [0.3, 0.4) is 0 Å². The Morgan fingerprint density at radius 1 is 1.62 bits per heavy atom. The predicted octanol–water partition coefficient (Wildman–Crippen LogP) is -0.194. The largest absolute Gasteiger partial charge is 0.387 e. The van der Waals surface area contributed by atoms with Gasteiger partial charge in [-0.25, -0.2) is 0 Å². The molecular formula is C9H18N2OS. The minimum absolute atomic E-state index is 0.479. The standard InChI is InChI=1S/C9H18N2OS/c12-9(2-3-10-6-9)7-11-8-1-4-13-5-8/h8,10-12H,1-7H2. The van der Waals surface area contributed by atoms with Crippen LogP contribution in [0.4, 0.5) is 0 Å². The Morgan fingerprint density at radius 2 is 2.54 bits per heavy atom. The van der Waals surface area contributed by atoms with Crippen molar-refractivity contribution in [1.29, 1.82) is 0 Å². The molecule has 0 saturated carbocycles. The van der Waals surface area contributed by atoms with Crippen molar-refractivity contribution in [2.45, 2.75) is 24.5 Å². The zero-order valence-corrected chi connectivity index (χ0v) is 8.70. The summed E-state index contributed by atoms with van der Waals surface area (Å²) >= 11 is 2.00. The second kappa shape index (κ2) is 4.17. The quantitative estimate of drug-likeness (QED) is 0.593. The third-order valence-electron chi connectivity index (χ3n) is 2.87. The van der Waals surface area contributed by atoms with Gasteiger partial charge in [-0.3, -0.25) is 0 Å². The number of hydrogen-bond donors (Lipinski definition) is 3. The molecule has 2 aliphatic rings. The molecule has 0 bridgehead atoms. The van der Waals surface area contributed by atoms with Crippen LogP contribution in [0.25, 0.3) is 0 Å². The zero-order valence-electron chi connectivity index (χ0n) is 7.88. The number of β-amino-alcohol motifs (C(OH)–C–C–N with tert-alkyl or cyclic N) is 1. The molecule has 2 unspecified atom stereocenters. The summed E-state index contributed by atoms with van der Waals surface area (Å²) in [5.74, 6) is 2.48. The first-order valence-corrected chi connectivity index (χ1v) is 6.18. The third-order valence-corrected chi connectivity index (χ3v) is 4.03. The summed E-state index contributed by atoms with van der Waals surface area (Å²) in [6.07, 6.45) is 2.15. The van der Waals surface area contributed by atoms with Crippen molar-refractivity contribution >= 4 is 11.8 Å². The van der Waals surface area contributed by atoms with Crippen LogP contribution >= 0.6 is 11.8 Å². The number of nitrogens with one attached hydrogen (secondary N) is 2. The number of aliphatic hydroxyl groups is 1. The molecule has 0 amide bonds. The van der Waals surface area contributed by atoms with Crippen LogP contribution in [0.1, 0.15) is 12.8 Å². The minimum atomic E-state index is -0.479. The molecule has 3 nitrogen and oxygen atoms in total. The summed E-state index contributed by atoms with van der Waals surface area (Å²) < 4.78 is 0. The van der Waals surface area contributed by atoms with Crippen molar-refractivity contribution in [3.8, 4) is 0 Å². The van der Waals surface area contributed by atoms with Crippen molar-refractivity contribution in [2.75, 3.05) is 31.1 Å². The molecule has 2 rings (SSSR count). The molecule has 4 heteroatoms. The van der Waals surface area contributed by atoms with Crippen LogP contribution in [0, 0.1) is 0 Å². The van der Waals surface area contributed by atoms with E-state index in [1.807, 2.05) is 11.8 Å². The van der Waals surface area contributed by atoms with Crippen LogP contribution in [0.2, 0.25) is 0 Å². The van der Waals surface area contributed by atoms with Gasteiger partial charge in [-0.1, -0.05) is 0 Å². The average Bonchev–Trinajstić information content (AvgIpc) is 2.72. The highest BCUT2D eigenvalue weighted by Gasteiger charge is 2.31. The van der Waals surface area contributed by atoms with E-state index in [4.69, 9.17) is 0 Å². The first kappa shape index (κ1) is 9.77. The van der Waals surface area contributed by atoms with E-state index in [2.05, 4.69) is 10.6 Å². The molecule has 13 heavy (non-hydrogen) atoms. The molecule has 2 heterocycles. The van der Waals surface area contributed by atoms with Crippen molar-refractivity contribution in [3.63, 3.8) is 0 Å². The molecular weight excluding hydrogens is 184 g/mol. The van der Waals surface area contributed by atoms with Gasteiger partial charge in [-0.05, 0) is 25.1 Å². The Kier molecular flexibility index (Phi) is 3.14. The van der Waals surface area contributed by atoms with E-state index in [-0.39, 0.29) is 0 Å². The lowest BCUT2D eigenvalue weighted by atomic mass is 10.0. The molecule has 2 saturated heterocycles. The van der Waals surface area contributed by atoms with E-state index in [0.29, 0.717) is 6.04 Å². The molecule has 0 aromatic rings. The Hall–Kier alpha value is 0.230. The van der Waals surface area contributed by atoms with Gasteiger partial charge in [-0.15, -0.1) is 0 Å². The lowest BCUT2D eigenvalue weighted by Crippen LogP contribution is -2.45. The molecule has 76 valence electrons. The highest BCUT2D eigenvalue weighted by Crippen LogP contribution is 2.19. The Labute approximate surface area is 83.7 Å². The van der Waals surface area contributed by atoms with Crippen LogP contribution in [-0.4, -0.2) is 47.9 Å². The van der Waals surface area contributed by atoms with E-state index in [0.717, 1.165) is 26.1 Å². The maximum absolute atomic E-state index is 10.0. The molecule has 0 radical (unpaired) electrons. The molecule has 0 aromatic heterocycles. The summed E-state index contributed by atoms with van der Waals surface area (Å²) in [7, 11) is 0. The lowest BCUT2D eigenvalue weighted by molar-refractivity contribution is 0.0589. The van der Waals surface area contributed by atoms with Gasteiger partial charge in [0.05, 0.1) is 5.60 Å². The summed E-state index contributed by atoms with van der Waals surface area (Å²) in [6.45, 7) is 2.46. The second-order valence-corrected chi connectivity index (χ2v) is 5.24. The molecule has 0 aliphatic carbocycles. The smallest absolute Gasteiger partial charge is 0.0907 e. The Bertz CT molecular complexity index is 165. The van der Waals surface area contributed by atoms with E-state index < -0.39 is 5.60 Å². The molecule has 0 aromatic carbocycles. The van der Waals surface area contributed by atoms with Crippen molar-refractivity contribution in [1.82, 2.24) is 10.6 Å². The fourth-order valence-corrected chi connectivity index (χ4v) is 3.10. The summed E-state index contributed by atoms with van der Waals surface area (Å²) in [5, 5.41) is 16.7. The van der Waals surface area contributed by atoms with Gasteiger partial charge in [0.15, 0.2) is 0 Å². The normalized spacial score (nSPS) is 39.9. The van der Waals surface area contributed by atoms with Gasteiger partial charge >= 0.3 is 0 Å². The van der Waals surface area contributed by atoms with E-state index in [1.54, 1.807) is 0 Å². The SMILES string of the molecule is OC1(CNC2CCSC2)CCNC1. The topological polar surface area (TPSA) is 44.3 Å². The highest BCUT2D eigenvalue weighted by molar-refractivity contribution is 7.99. The first-order valence-electron chi connectivity index (χ1n) is 5.03. The van der Waals surface area contributed by atoms with Crippen LogP contribution in [0.5, 0.6) is 0 Å². The average molecular weight is 202 g/mol. The van der Waals surface area contributed by atoms with Crippen molar-refractivity contribution in [2.24, 2.45) is 0 Å². The summed E-state index contributed by atoms with van der Waals surface area (Å²) in [5.41, 5.74) is -0.479. The van der Waals surface area contributed by atoms with Gasteiger partial charge in [0, 0.05) is 24.9 Å². The number of rotatable bonds is 3. The third kappa shape index (κ3) is 2.59. The summed E-state index contributed by atoms with van der Waals surface area (Å²) in [6, 6.07) is 0.634.